The first-order chi connectivity index (χ1) is 17.7. The number of unbranched alkanes of at least 4 members (excludes halogenated alkanes) is 5. The molecule has 0 spiro atoms. The minimum absolute atomic E-state index is 0.0186. The summed E-state index contributed by atoms with van der Waals surface area (Å²) >= 11 is 0. The Kier molecular flexibility index (Phi) is 8.31. The summed E-state index contributed by atoms with van der Waals surface area (Å²) in [6, 6.07) is 9.59. The van der Waals surface area contributed by atoms with Crippen molar-refractivity contribution in [3.8, 4) is 0 Å². The molecule has 7 nitrogen and oxygen atoms in total. The standard InChI is InChI=1S/C30H35N3O4/c1-30(2)18-24(35)27(25(36)19-30)23(34)13-7-5-3-4-6-8-14-26(37)33-22-17-20-11-9-15-31-28(20)29-21(22)12-10-16-32-29/h9-12,15-17,34H,3-8,13-14,18-19H2,1-2H3,(H,33,37). The number of ketones is 2. The largest absolute Gasteiger partial charge is 0.511 e. The average Bonchev–Trinajstić information content (AvgIpc) is 2.84. The number of fused-ring (bicyclic) bond motifs is 3. The fourth-order valence-corrected chi connectivity index (χ4v) is 5.09. The molecule has 2 heterocycles. The number of hydrogen-bond donors (Lipinski definition) is 2. The van der Waals surface area contributed by atoms with Crippen LogP contribution in [-0.2, 0) is 14.4 Å². The van der Waals surface area contributed by atoms with Crippen LogP contribution in [0.1, 0.15) is 78.1 Å². The van der Waals surface area contributed by atoms with E-state index in [9.17, 15) is 19.5 Å². The van der Waals surface area contributed by atoms with Crippen molar-refractivity contribution in [2.45, 2.75) is 78.1 Å². The van der Waals surface area contributed by atoms with Gasteiger partial charge in [0.25, 0.3) is 0 Å². The first-order valence-corrected chi connectivity index (χ1v) is 13.2. The van der Waals surface area contributed by atoms with Crippen molar-refractivity contribution in [3.05, 3.63) is 54.1 Å². The molecule has 3 aromatic rings. The number of Topliss-reactive ketones (excluding diaryl/α,β-unsaturated/α-hetero) is 2. The monoisotopic (exact) mass is 501 g/mol. The number of aliphatic hydroxyl groups is 1. The van der Waals surface area contributed by atoms with Crippen LogP contribution in [0.4, 0.5) is 5.69 Å². The lowest BCUT2D eigenvalue weighted by atomic mass is 9.73. The van der Waals surface area contributed by atoms with Crippen LogP contribution in [0.2, 0.25) is 0 Å². The van der Waals surface area contributed by atoms with Gasteiger partial charge in [0.05, 0.1) is 22.3 Å². The van der Waals surface area contributed by atoms with E-state index in [-0.39, 0.29) is 34.2 Å². The van der Waals surface area contributed by atoms with E-state index in [1.54, 1.807) is 12.4 Å². The third kappa shape index (κ3) is 6.59. The summed E-state index contributed by atoms with van der Waals surface area (Å²) in [6.45, 7) is 3.81. The predicted molar refractivity (Wildman–Crippen MR) is 145 cm³/mol. The number of benzene rings is 1. The first kappa shape index (κ1) is 26.5. The minimum atomic E-state index is -0.327. The van der Waals surface area contributed by atoms with Gasteiger partial charge in [-0.3, -0.25) is 24.4 Å². The number of nitrogens with one attached hydrogen (secondary N) is 1. The van der Waals surface area contributed by atoms with Crippen molar-refractivity contribution < 1.29 is 19.5 Å². The molecule has 0 saturated heterocycles. The van der Waals surface area contributed by atoms with Gasteiger partial charge in [0.1, 0.15) is 5.76 Å². The second-order valence-electron chi connectivity index (χ2n) is 10.8. The number of anilines is 1. The third-order valence-corrected chi connectivity index (χ3v) is 6.93. The molecule has 0 radical (unpaired) electrons. The SMILES string of the molecule is CC1(C)CC(=O)C(=C(O)CCCCCCCCC(=O)Nc2cc3cccnc3c3ncccc23)C(=O)C1. The van der Waals surface area contributed by atoms with Crippen molar-refractivity contribution in [2.75, 3.05) is 5.32 Å². The molecule has 0 aliphatic heterocycles. The van der Waals surface area contributed by atoms with Crippen LogP contribution < -0.4 is 5.32 Å². The molecule has 4 rings (SSSR count). The molecular weight excluding hydrogens is 466 g/mol. The summed E-state index contributed by atoms with van der Waals surface area (Å²) in [6.07, 6.45) is 10.2. The Labute approximate surface area is 217 Å². The van der Waals surface area contributed by atoms with E-state index < -0.39 is 0 Å². The zero-order chi connectivity index (χ0) is 26.4. The number of nitrogens with zero attached hydrogens (tertiary/aromatic N) is 2. The molecule has 37 heavy (non-hydrogen) atoms. The highest BCUT2D eigenvalue weighted by Gasteiger charge is 2.37. The molecule has 1 aromatic carbocycles. The van der Waals surface area contributed by atoms with Gasteiger partial charge in [-0.05, 0) is 42.5 Å². The smallest absolute Gasteiger partial charge is 0.224 e. The van der Waals surface area contributed by atoms with E-state index >= 15 is 0 Å². The second kappa shape index (κ2) is 11.6. The van der Waals surface area contributed by atoms with Gasteiger partial charge >= 0.3 is 0 Å². The van der Waals surface area contributed by atoms with Gasteiger partial charge in [-0.2, -0.15) is 0 Å². The quantitative estimate of drug-likeness (QED) is 0.106. The number of rotatable bonds is 10. The molecule has 1 fully saturated rings. The Morgan fingerprint density at radius 3 is 2.19 bits per heavy atom. The molecule has 1 aliphatic rings. The van der Waals surface area contributed by atoms with Crippen LogP contribution in [0, 0.1) is 5.41 Å². The molecule has 194 valence electrons. The maximum absolute atomic E-state index is 12.6. The maximum Gasteiger partial charge on any atom is 0.224 e. The highest BCUT2D eigenvalue weighted by molar-refractivity contribution is 6.22. The van der Waals surface area contributed by atoms with Crippen molar-refractivity contribution in [1.29, 1.82) is 0 Å². The molecular formula is C30H35N3O4. The lowest BCUT2D eigenvalue weighted by molar-refractivity contribution is -0.127. The van der Waals surface area contributed by atoms with Crippen LogP contribution in [0.25, 0.3) is 21.8 Å². The Bertz CT molecular complexity index is 1340. The Hall–Kier alpha value is -3.61. The molecule has 1 aliphatic carbocycles. The first-order valence-electron chi connectivity index (χ1n) is 13.2. The van der Waals surface area contributed by atoms with E-state index in [0.717, 1.165) is 66.0 Å². The van der Waals surface area contributed by atoms with Crippen molar-refractivity contribution in [3.63, 3.8) is 0 Å². The number of hydrogen-bond acceptors (Lipinski definition) is 6. The van der Waals surface area contributed by atoms with E-state index in [2.05, 4.69) is 15.3 Å². The van der Waals surface area contributed by atoms with Crippen molar-refractivity contribution in [2.24, 2.45) is 5.41 Å². The molecule has 2 aromatic heterocycles. The van der Waals surface area contributed by atoms with Crippen LogP contribution in [0.3, 0.4) is 0 Å². The van der Waals surface area contributed by atoms with Crippen molar-refractivity contribution >= 4 is 45.0 Å². The summed E-state index contributed by atoms with van der Waals surface area (Å²) in [5.41, 5.74) is 2.05. The highest BCUT2D eigenvalue weighted by atomic mass is 16.3. The lowest BCUT2D eigenvalue weighted by Crippen LogP contribution is -2.32. The minimum Gasteiger partial charge on any atom is -0.511 e. The zero-order valence-electron chi connectivity index (χ0n) is 21.7. The van der Waals surface area contributed by atoms with Crippen LogP contribution in [0.5, 0.6) is 0 Å². The number of pyridine rings is 2. The maximum atomic E-state index is 12.6. The average molecular weight is 502 g/mol. The lowest BCUT2D eigenvalue weighted by Gasteiger charge is -2.28. The molecule has 0 bridgehead atoms. The predicted octanol–water partition coefficient (Wildman–Crippen LogP) is 6.61. The van der Waals surface area contributed by atoms with E-state index in [1.165, 1.54) is 0 Å². The Morgan fingerprint density at radius 2 is 1.49 bits per heavy atom. The number of carbonyl (C=O) groups is 3. The molecule has 0 atom stereocenters. The summed E-state index contributed by atoms with van der Waals surface area (Å²) in [5, 5.41) is 15.2. The van der Waals surface area contributed by atoms with Gasteiger partial charge in [-0.15, -0.1) is 0 Å². The van der Waals surface area contributed by atoms with Gasteiger partial charge in [0.15, 0.2) is 11.6 Å². The van der Waals surface area contributed by atoms with E-state index in [1.807, 2.05) is 44.2 Å². The molecule has 7 heteroatoms. The number of allylic oxidation sites excluding steroid dienone is 2. The number of aromatic nitrogens is 2. The number of aliphatic hydroxyl groups excluding tert-OH is 1. The van der Waals surface area contributed by atoms with Gasteiger partial charge in [-0.1, -0.05) is 45.6 Å². The highest BCUT2D eigenvalue weighted by Crippen LogP contribution is 2.35. The topological polar surface area (TPSA) is 109 Å². The van der Waals surface area contributed by atoms with E-state index in [0.29, 0.717) is 25.7 Å². The van der Waals surface area contributed by atoms with Gasteiger partial charge in [0, 0.05) is 48.8 Å². The van der Waals surface area contributed by atoms with Crippen molar-refractivity contribution in [1.82, 2.24) is 9.97 Å². The van der Waals surface area contributed by atoms with Crippen LogP contribution in [-0.4, -0.2) is 32.5 Å². The fraction of sp³-hybridized carbons (Fsp3) is 0.433. The second-order valence-corrected chi connectivity index (χ2v) is 10.8. The Balaban J connectivity index is 1.18. The molecule has 1 amide bonds. The summed E-state index contributed by atoms with van der Waals surface area (Å²) < 4.78 is 0. The number of carbonyl (C=O) groups excluding carboxylic acids is 3. The van der Waals surface area contributed by atoms with Crippen LogP contribution in [0.15, 0.2) is 54.1 Å². The zero-order valence-corrected chi connectivity index (χ0v) is 21.7. The summed E-state index contributed by atoms with van der Waals surface area (Å²) in [7, 11) is 0. The third-order valence-electron chi connectivity index (χ3n) is 6.93. The van der Waals surface area contributed by atoms with E-state index in [4.69, 9.17) is 0 Å². The Morgan fingerprint density at radius 1 is 0.892 bits per heavy atom. The fourth-order valence-electron chi connectivity index (χ4n) is 5.09. The normalized spacial score (nSPS) is 15.4. The summed E-state index contributed by atoms with van der Waals surface area (Å²) in [4.78, 5) is 46.1. The molecule has 1 saturated carbocycles. The number of amides is 1. The van der Waals surface area contributed by atoms with Gasteiger partial charge < -0.3 is 10.4 Å². The molecule has 0 unspecified atom stereocenters. The van der Waals surface area contributed by atoms with Crippen LogP contribution >= 0.6 is 0 Å². The van der Waals surface area contributed by atoms with Gasteiger partial charge in [0.2, 0.25) is 5.91 Å². The van der Waals surface area contributed by atoms with Gasteiger partial charge in [-0.25, -0.2) is 0 Å². The summed E-state index contributed by atoms with van der Waals surface area (Å²) in [5.74, 6) is -0.535. The molecule has 2 N–H and O–H groups in total.